The fourth-order valence-electron chi connectivity index (χ4n) is 3.21. The molecule has 0 aliphatic rings. The highest BCUT2D eigenvalue weighted by Gasteiger charge is 2.19. The van der Waals surface area contributed by atoms with Crippen LogP contribution in [0.25, 0.3) is 10.9 Å². The molecule has 1 heterocycles. The van der Waals surface area contributed by atoms with Crippen LogP contribution in [0.5, 0.6) is 0 Å². The quantitative estimate of drug-likeness (QED) is 0.260. The molecule has 1 aromatic heterocycles. The van der Waals surface area contributed by atoms with Gasteiger partial charge in [0.2, 0.25) is 0 Å². The second-order valence-electron chi connectivity index (χ2n) is 6.95. The van der Waals surface area contributed by atoms with Gasteiger partial charge in [-0.05, 0) is 23.8 Å². The molecule has 0 bridgehead atoms. The summed E-state index contributed by atoms with van der Waals surface area (Å²) in [5.74, 6) is 0. The molecule has 0 atom stereocenters. The van der Waals surface area contributed by atoms with Gasteiger partial charge in [-0.25, -0.2) is 4.98 Å². The molecule has 3 aromatic carbocycles. The number of nitro groups is 2. The summed E-state index contributed by atoms with van der Waals surface area (Å²) in [5, 5.41) is 27.1. The van der Waals surface area contributed by atoms with Crippen LogP contribution in [0, 0.1) is 20.2 Å². The van der Waals surface area contributed by atoms with Crippen molar-refractivity contribution in [2.24, 2.45) is 5.10 Å². The number of hydrogen-bond donors (Lipinski definition) is 1. The topological polar surface area (TPSA) is 146 Å². The number of rotatable bonds is 7. The predicted molar refractivity (Wildman–Crippen MR) is 122 cm³/mol. The molecule has 0 aliphatic heterocycles. The summed E-state index contributed by atoms with van der Waals surface area (Å²) in [6.45, 7) is 0.0362. The van der Waals surface area contributed by atoms with Crippen LogP contribution >= 0.6 is 0 Å². The lowest BCUT2D eigenvalue weighted by atomic mass is 10.1. The zero-order valence-corrected chi connectivity index (χ0v) is 17.0. The van der Waals surface area contributed by atoms with Crippen LogP contribution in [0.15, 0.2) is 89.0 Å². The Labute approximate surface area is 185 Å². The third-order valence-corrected chi connectivity index (χ3v) is 4.86. The van der Waals surface area contributed by atoms with E-state index >= 15 is 0 Å². The number of aromatic nitrogens is 2. The number of hydrazone groups is 1. The first kappa shape index (κ1) is 21.3. The minimum Gasteiger partial charge on any atom is -0.293 e. The lowest BCUT2D eigenvalue weighted by Gasteiger charge is -2.11. The first-order valence-electron chi connectivity index (χ1n) is 9.69. The Kier molecular flexibility index (Phi) is 5.85. The maximum absolute atomic E-state index is 12.9. The van der Waals surface area contributed by atoms with Gasteiger partial charge in [0.25, 0.3) is 11.2 Å². The average molecular weight is 444 g/mol. The maximum atomic E-state index is 12.9. The molecule has 0 fully saturated rings. The molecule has 0 radical (unpaired) electrons. The molecule has 0 saturated carbocycles. The van der Waals surface area contributed by atoms with Gasteiger partial charge in [-0.3, -0.25) is 35.0 Å². The second-order valence-corrected chi connectivity index (χ2v) is 6.95. The van der Waals surface area contributed by atoms with Crippen molar-refractivity contribution in [2.75, 3.05) is 5.43 Å². The summed E-state index contributed by atoms with van der Waals surface area (Å²) >= 11 is 0. The molecule has 0 unspecified atom stereocenters. The normalized spacial score (nSPS) is 11.3. The Morgan fingerprint density at radius 3 is 2.42 bits per heavy atom. The average Bonchev–Trinajstić information content (AvgIpc) is 2.83. The van der Waals surface area contributed by atoms with E-state index in [1.54, 1.807) is 48.5 Å². The lowest BCUT2D eigenvalue weighted by Crippen LogP contribution is -2.25. The molecule has 0 spiro atoms. The van der Waals surface area contributed by atoms with E-state index in [9.17, 15) is 25.0 Å². The van der Waals surface area contributed by atoms with E-state index < -0.39 is 21.2 Å². The van der Waals surface area contributed by atoms with Crippen molar-refractivity contribution < 1.29 is 9.85 Å². The Hall–Kier alpha value is -4.93. The fourth-order valence-corrected chi connectivity index (χ4v) is 3.21. The van der Waals surface area contributed by atoms with Crippen LogP contribution in [-0.4, -0.2) is 25.1 Å². The minimum atomic E-state index is -0.731. The number of para-hydroxylation sites is 1. The third kappa shape index (κ3) is 4.56. The summed E-state index contributed by atoms with van der Waals surface area (Å²) < 4.78 is 1.39. The van der Waals surface area contributed by atoms with E-state index in [2.05, 4.69) is 15.5 Å². The molecule has 11 nitrogen and oxygen atoms in total. The highest BCUT2D eigenvalue weighted by atomic mass is 16.6. The van der Waals surface area contributed by atoms with Gasteiger partial charge >= 0.3 is 5.69 Å². The van der Waals surface area contributed by atoms with Crippen molar-refractivity contribution in [1.82, 2.24) is 9.55 Å². The second kappa shape index (κ2) is 9.06. The number of benzene rings is 3. The summed E-state index contributed by atoms with van der Waals surface area (Å²) in [4.78, 5) is 38.1. The van der Waals surface area contributed by atoms with Crippen molar-refractivity contribution in [2.45, 2.75) is 6.54 Å². The number of non-ortho nitro benzene ring substituents is 1. The molecule has 0 amide bonds. The first-order chi connectivity index (χ1) is 15.9. The zero-order chi connectivity index (χ0) is 23.4. The SMILES string of the molecule is O=c1c2ccccc2ncn1C/C(=N\Nc1ccc([N+](=O)[O-])cc1[N+](=O)[O-])c1ccccc1. The van der Waals surface area contributed by atoms with E-state index in [0.717, 1.165) is 12.1 Å². The van der Waals surface area contributed by atoms with Crippen LogP contribution in [0.3, 0.4) is 0 Å². The van der Waals surface area contributed by atoms with E-state index in [1.165, 1.54) is 17.0 Å². The highest BCUT2D eigenvalue weighted by molar-refractivity contribution is 6.01. The summed E-state index contributed by atoms with van der Waals surface area (Å²) in [7, 11) is 0. The van der Waals surface area contributed by atoms with Gasteiger partial charge in [0.1, 0.15) is 5.69 Å². The largest absolute Gasteiger partial charge is 0.301 e. The van der Waals surface area contributed by atoms with Crippen LogP contribution < -0.4 is 11.0 Å². The molecule has 11 heteroatoms. The monoisotopic (exact) mass is 444 g/mol. The number of fused-ring (bicyclic) bond motifs is 1. The number of hydrogen-bond acceptors (Lipinski definition) is 8. The number of nitrogens with zero attached hydrogens (tertiary/aromatic N) is 5. The molecule has 33 heavy (non-hydrogen) atoms. The van der Waals surface area contributed by atoms with E-state index in [-0.39, 0.29) is 17.8 Å². The van der Waals surface area contributed by atoms with Crippen LogP contribution in [-0.2, 0) is 6.54 Å². The standard InChI is InChI=1S/C22H16N6O5/c29-22-17-8-4-5-9-18(17)23-14-26(22)13-20(15-6-2-1-3-7-15)25-24-19-11-10-16(27(30)31)12-21(19)28(32)33/h1-12,14,24H,13H2/b25-20+. The molecule has 4 rings (SSSR count). The molecular weight excluding hydrogens is 428 g/mol. The number of nitro benzene ring substituents is 2. The molecular formula is C22H16N6O5. The predicted octanol–water partition coefficient (Wildman–Crippen LogP) is 3.73. The Morgan fingerprint density at radius 1 is 0.970 bits per heavy atom. The van der Waals surface area contributed by atoms with Gasteiger partial charge < -0.3 is 0 Å². The van der Waals surface area contributed by atoms with Gasteiger partial charge in [-0.2, -0.15) is 5.10 Å². The number of anilines is 1. The third-order valence-electron chi connectivity index (χ3n) is 4.86. The lowest BCUT2D eigenvalue weighted by molar-refractivity contribution is -0.393. The van der Waals surface area contributed by atoms with Gasteiger partial charge in [0.05, 0.1) is 45.4 Å². The zero-order valence-electron chi connectivity index (χ0n) is 17.0. The van der Waals surface area contributed by atoms with Crippen molar-refractivity contribution in [3.8, 4) is 0 Å². The fraction of sp³-hybridized carbons (Fsp3) is 0.0455. The van der Waals surface area contributed by atoms with Crippen molar-refractivity contribution in [3.63, 3.8) is 0 Å². The molecule has 1 N–H and O–H groups in total. The molecule has 4 aromatic rings. The van der Waals surface area contributed by atoms with E-state index in [1.807, 2.05) is 6.07 Å². The van der Waals surface area contributed by atoms with Crippen LogP contribution in [0.2, 0.25) is 0 Å². The van der Waals surface area contributed by atoms with Gasteiger partial charge in [0, 0.05) is 6.07 Å². The van der Waals surface area contributed by atoms with Gasteiger partial charge in [-0.1, -0.05) is 42.5 Å². The maximum Gasteiger partial charge on any atom is 0.301 e. The Morgan fingerprint density at radius 2 is 1.70 bits per heavy atom. The highest BCUT2D eigenvalue weighted by Crippen LogP contribution is 2.29. The molecule has 0 aliphatic carbocycles. The van der Waals surface area contributed by atoms with Crippen molar-refractivity contribution >= 4 is 33.7 Å². The number of nitrogens with one attached hydrogen (secondary N) is 1. The van der Waals surface area contributed by atoms with Crippen LogP contribution in [0.1, 0.15) is 5.56 Å². The smallest absolute Gasteiger partial charge is 0.293 e. The van der Waals surface area contributed by atoms with Crippen molar-refractivity contribution in [1.29, 1.82) is 0 Å². The summed E-state index contributed by atoms with van der Waals surface area (Å²) in [6.07, 6.45) is 1.41. The van der Waals surface area contributed by atoms with E-state index in [0.29, 0.717) is 22.2 Å². The van der Waals surface area contributed by atoms with Gasteiger partial charge in [0.15, 0.2) is 0 Å². The summed E-state index contributed by atoms with van der Waals surface area (Å²) in [5.41, 5.74) is 3.08. The first-order valence-corrected chi connectivity index (χ1v) is 9.69. The summed E-state index contributed by atoms with van der Waals surface area (Å²) in [6, 6.07) is 19.1. The molecule has 164 valence electrons. The van der Waals surface area contributed by atoms with Gasteiger partial charge in [-0.15, -0.1) is 0 Å². The van der Waals surface area contributed by atoms with Crippen LogP contribution in [0.4, 0.5) is 17.1 Å². The van der Waals surface area contributed by atoms with E-state index in [4.69, 9.17) is 0 Å². The molecule has 0 saturated heterocycles. The van der Waals surface area contributed by atoms with Crippen molar-refractivity contribution in [3.05, 3.63) is 115 Å². The minimum absolute atomic E-state index is 0.0250. The Bertz CT molecular complexity index is 1450. The Balaban J connectivity index is 1.74.